The second-order valence-corrected chi connectivity index (χ2v) is 9.28. The van der Waals surface area contributed by atoms with Gasteiger partial charge in [-0.2, -0.15) is 0 Å². The molecule has 36 heavy (non-hydrogen) atoms. The van der Waals surface area contributed by atoms with Crippen LogP contribution in [0.5, 0.6) is 5.75 Å². The van der Waals surface area contributed by atoms with E-state index in [0.717, 1.165) is 32.8 Å². The molecule has 0 bridgehead atoms. The molecule has 180 valence electrons. The molecule has 3 aromatic carbocycles. The third-order valence-corrected chi connectivity index (χ3v) is 7.15. The van der Waals surface area contributed by atoms with Crippen molar-refractivity contribution in [3.63, 3.8) is 0 Å². The number of ether oxygens (including phenoxy) is 1. The largest absolute Gasteiger partial charge is 0.496 e. The van der Waals surface area contributed by atoms with Gasteiger partial charge in [0.05, 0.1) is 46.8 Å². The number of aromatic nitrogens is 3. The highest BCUT2D eigenvalue weighted by Gasteiger charge is 2.35. The minimum Gasteiger partial charge on any atom is -0.496 e. The fourth-order valence-corrected chi connectivity index (χ4v) is 5.36. The van der Waals surface area contributed by atoms with Crippen molar-refractivity contribution in [1.29, 1.82) is 0 Å². The summed E-state index contributed by atoms with van der Waals surface area (Å²) in [6.07, 6.45) is 0. The lowest BCUT2D eigenvalue weighted by Crippen LogP contribution is -2.37. The van der Waals surface area contributed by atoms with Gasteiger partial charge < -0.3 is 14.6 Å². The van der Waals surface area contributed by atoms with Crippen molar-refractivity contribution >= 4 is 28.2 Å². The molecule has 3 heterocycles. The maximum atomic E-state index is 13.7. The predicted molar refractivity (Wildman–Crippen MR) is 143 cm³/mol. The molecule has 7 nitrogen and oxygen atoms in total. The zero-order valence-electron chi connectivity index (χ0n) is 19.9. The molecular weight excluding hydrogens is 476 g/mol. The van der Waals surface area contributed by atoms with Gasteiger partial charge in [-0.3, -0.25) is 13.9 Å². The van der Waals surface area contributed by atoms with Gasteiger partial charge in [-0.1, -0.05) is 54.1 Å². The molecule has 0 saturated heterocycles. The first-order chi connectivity index (χ1) is 17.4. The van der Waals surface area contributed by atoms with E-state index in [-0.39, 0.29) is 11.2 Å². The van der Waals surface area contributed by atoms with Gasteiger partial charge in [0.1, 0.15) is 5.75 Å². The monoisotopic (exact) mass is 498 g/mol. The Morgan fingerprint density at radius 3 is 2.33 bits per heavy atom. The number of halogens is 1. The highest BCUT2D eigenvalue weighted by atomic mass is 35.5. The second-order valence-electron chi connectivity index (χ2n) is 8.84. The van der Waals surface area contributed by atoms with Crippen molar-refractivity contribution in [3.8, 4) is 22.7 Å². The fraction of sp³-hybridized carbons (Fsp3) is 0.143. The van der Waals surface area contributed by atoms with Crippen LogP contribution < -0.4 is 21.3 Å². The number of aryl methyl sites for hydroxylation is 1. The highest BCUT2D eigenvalue weighted by Crippen LogP contribution is 2.46. The Morgan fingerprint density at radius 2 is 1.58 bits per heavy atom. The molecule has 1 atom stereocenters. The molecule has 1 aliphatic heterocycles. The topological polar surface area (TPSA) is 70.2 Å². The number of nitrogens with zero attached hydrogens (tertiary/aromatic N) is 3. The zero-order chi connectivity index (χ0) is 25.1. The van der Waals surface area contributed by atoms with Gasteiger partial charge in [-0.15, -0.1) is 0 Å². The number of nitrogens with one attached hydrogen (secondary N) is 1. The molecule has 0 aliphatic carbocycles. The molecule has 6 rings (SSSR count). The van der Waals surface area contributed by atoms with E-state index in [1.165, 1.54) is 7.05 Å². The summed E-state index contributed by atoms with van der Waals surface area (Å²) in [6.45, 7) is 0. The van der Waals surface area contributed by atoms with Crippen LogP contribution in [0.25, 0.3) is 27.8 Å². The second kappa shape index (κ2) is 8.17. The first-order valence-electron chi connectivity index (χ1n) is 11.5. The molecular formula is C28H23ClN4O3. The normalized spacial score (nSPS) is 14.3. The Kier molecular flexibility index (Phi) is 5.05. The molecule has 5 aromatic rings. The Morgan fingerprint density at radius 1 is 0.889 bits per heavy atom. The average Bonchev–Trinajstić information content (AvgIpc) is 3.27. The Hall–Kier alpha value is -4.23. The van der Waals surface area contributed by atoms with E-state index >= 15 is 0 Å². The zero-order valence-corrected chi connectivity index (χ0v) is 20.7. The Bertz CT molecular complexity index is 1780. The lowest BCUT2D eigenvalue weighted by Gasteiger charge is -2.31. The summed E-state index contributed by atoms with van der Waals surface area (Å²) >= 11 is 6.21. The number of methoxy groups -OCH3 is 1. The van der Waals surface area contributed by atoms with Crippen LogP contribution in [0, 0.1) is 0 Å². The van der Waals surface area contributed by atoms with Crippen LogP contribution >= 0.6 is 11.6 Å². The smallest absolute Gasteiger partial charge is 0.331 e. The number of hydrogen-bond acceptors (Lipinski definition) is 4. The average molecular weight is 499 g/mol. The van der Waals surface area contributed by atoms with Gasteiger partial charge in [0.2, 0.25) is 0 Å². The SMILES string of the molecule is COc1ccccc1[C@H]1Nc2ccccc2-n2c(-c3ccc(Cl)cc3)c3c(=O)n(C)c(=O)n(C)c3c21. The highest BCUT2D eigenvalue weighted by molar-refractivity contribution is 6.30. The molecule has 0 saturated carbocycles. The van der Waals surface area contributed by atoms with E-state index in [2.05, 4.69) is 9.88 Å². The molecule has 1 N–H and O–H groups in total. The Labute approximate surface area is 211 Å². The van der Waals surface area contributed by atoms with E-state index < -0.39 is 6.04 Å². The van der Waals surface area contributed by atoms with Crippen LogP contribution in [0.4, 0.5) is 5.69 Å². The third kappa shape index (κ3) is 3.06. The molecule has 2 aromatic heterocycles. The van der Waals surface area contributed by atoms with Crippen LogP contribution in [-0.4, -0.2) is 20.8 Å². The number of anilines is 1. The van der Waals surface area contributed by atoms with E-state index in [1.54, 1.807) is 30.9 Å². The predicted octanol–water partition coefficient (Wildman–Crippen LogP) is 4.87. The molecule has 0 fully saturated rings. The molecule has 0 amide bonds. The minimum atomic E-state index is -0.391. The third-order valence-electron chi connectivity index (χ3n) is 6.89. The lowest BCUT2D eigenvalue weighted by molar-refractivity contribution is 0.408. The number of fused-ring (bicyclic) bond motifs is 5. The summed E-state index contributed by atoms with van der Waals surface area (Å²) in [6, 6.07) is 22.7. The summed E-state index contributed by atoms with van der Waals surface area (Å²) in [5, 5.41) is 4.71. The number of benzene rings is 3. The van der Waals surface area contributed by atoms with E-state index in [4.69, 9.17) is 16.3 Å². The van der Waals surface area contributed by atoms with Gasteiger partial charge >= 0.3 is 5.69 Å². The standard InChI is InChI=1S/C28H23ClN4O3/c1-31-25-22(27(34)32(2)28(31)35)24(16-12-14-17(29)15-13-16)33-20-10-6-5-9-19(20)30-23(26(25)33)18-8-4-7-11-21(18)36-3/h4-15,23,30H,1-3H3/t23-/m1/s1. The summed E-state index contributed by atoms with van der Waals surface area (Å²) in [4.78, 5) is 26.9. The minimum absolute atomic E-state index is 0.351. The number of rotatable bonds is 3. The Balaban J connectivity index is 1.86. The molecule has 1 aliphatic rings. The number of para-hydroxylation sites is 3. The number of hydrogen-bond donors (Lipinski definition) is 1. The van der Waals surface area contributed by atoms with Crippen LogP contribution in [0.3, 0.4) is 0 Å². The van der Waals surface area contributed by atoms with Crippen molar-refractivity contribution in [2.45, 2.75) is 6.04 Å². The molecule has 0 radical (unpaired) electrons. The quantitative estimate of drug-likeness (QED) is 0.385. The molecule has 0 unspecified atom stereocenters. The van der Waals surface area contributed by atoms with Gasteiger partial charge in [0, 0.05) is 24.7 Å². The van der Waals surface area contributed by atoms with Gasteiger partial charge in [-0.05, 0) is 35.9 Å². The van der Waals surface area contributed by atoms with Gasteiger partial charge in [-0.25, -0.2) is 4.79 Å². The molecule has 0 spiro atoms. The van der Waals surface area contributed by atoms with E-state index in [1.807, 2.05) is 60.7 Å². The lowest BCUT2D eigenvalue weighted by atomic mass is 9.98. The fourth-order valence-electron chi connectivity index (χ4n) is 5.24. The van der Waals surface area contributed by atoms with Crippen molar-refractivity contribution in [2.75, 3.05) is 12.4 Å². The van der Waals surface area contributed by atoms with Crippen LogP contribution in [0.2, 0.25) is 5.02 Å². The van der Waals surface area contributed by atoms with Gasteiger partial charge in [0.15, 0.2) is 0 Å². The summed E-state index contributed by atoms with van der Waals surface area (Å²) < 4.78 is 10.5. The first-order valence-corrected chi connectivity index (χ1v) is 11.9. The van der Waals surface area contributed by atoms with Crippen LogP contribution in [0.15, 0.2) is 82.4 Å². The van der Waals surface area contributed by atoms with Crippen LogP contribution in [-0.2, 0) is 14.1 Å². The van der Waals surface area contributed by atoms with Crippen molar-refractivity contribution in [3.05, 3.63) is 110 Å². The van der Waals surface area contributed by atoms with E-state index in [9.17, 15) is 9.59 Å². The first kappa shape index (κ1) is 22.2. The van der Waals surface area contributed by atoms with Gasteiger partial charge in [0.25, 0.3) is 5.56 Å². The summed E-state index contributed by atoms with van der Waals surface area (Å²) in [5.74, 6) is 0.706. The summed E-state index contributed by atoms with van der Waals surface area (Å²) in [5.41, 5.74) is 4.83. The van der Waals surface area contributed by atoms with E-state index in [0.29, 0.717) is 27.4 Å². The van der Waals surface area contributed by atoms with Crippen molar-refractivity contribution in [2.24, 2.45) is 14.1 Å². The van der Waals surface area contributed by atoms with Crippen molar-refractivity contribution < 1.29 is 4.74 Å². The molecule has 8 heteroatoms. The van der Waals surface area contributed by atoms with Crippen LogP contribution in [0.1, 0.15) is 17.3 Å². The summed E-state index contributed by atoms with van der Waals surface area (Å²) in [7, 11) is 4.85. The van der Waals surface area contributed by atoms with Crippen molar-refractivity contribution in [1.82, 2.24) is 13.7 Å². The maximum Gasteiger partial charge on any atom is 0.331 e. The maximum absolute atomic E-state index is 13.7.